The molecule has 8 heteroatoms. The van der Waals surface area contributed by atoms with Crippen molar-refractivity contribution in [1.29, 1.82) is 0 Å². The first kappa shape index (κ1) is 20.3. The molecule has 1 aromatic carbocycles. The molecule has 0 bridgehead atoms. The van der Waals surface area contributed by atoms with Gasteiger partial charge in [0.15, 0.2) is 0 Å². The summed E-state index contributed by atoms with van der Waals surface area (Å²) in [6.45, 7) is 6.43. The first-order valence-electron chi connectivity index (χ1n) is 9.51. The van der Waals surface area contributed by atoms with E-state index in [1.165, 1.54) is 11.3 Å². The van der Waals surface area contributed by atoms with Crippen LogP contribution >= 0.6 is 34.3 Å². The summed E-state index contributed by atoms with van der Waals surface area (Å²) < 4.78 is 5.78. The fourth-order valence-corrected chi connectivity index (χ4v) is 5.21. The van der Waals surface area contributed by atoms with Gasteiger partial charge in [0.25, 0.3) is 5.91 Å². The number of hydrogen-bond acceptors (Lipinski definition) is 6. The minimum atomic E-state index is 0.0912. The zero-order valence-electron chi connectivity index (χ0n) is 16.1. The number of carbonyl (C=O) groups is 1. The largest absolute Gasteiger partial charge is 0.491 e. The van der Waals surface area contributed by atoms with Gasteiger partial charge in [-0.15, -0.1) is 11.3 Å². The number of thiazole rings is 1. The molecular formula is C21H22ClN3O2S2. The quantitative estimate of drug-likeness (QED) is 0.550. The molecule has 1 fully saturated rings. The Hall–Kier alpha value is -1.93. The van der Waals surface area contributed by atoms with Crippen molar-refractivity contribution >= 4 is 40.2 Å². The third kappa shape index (κ3) is 4.80. The lowest BCUT2D eigenvalue weighted by Crippen LogP contribution is -2.49. The first-order valence-corrected chi connectivity index (χ1v) is 11.6. The van der Waals surface area contributed by atoms with Gasteiger partial charge in [0, 0.05) is 43.7 Å². The SMILES string of the molecule is Cc1nc(-c2ccsc2)sc1C(=O)N1CCN(CCOc2ccccc2Cl)CC1. The normalized spacial score (nSPS) is 14.9. The van der Waals surface area contributed by atoms with Gasteiger partial charge in [-0.1, -0.05) is 23.7 Å². The second-order valence-corrected chi connectivity index (χ2v) is 9.04. The molecular weight excluding hydrogens is 426 g/mol. The second-order valence-electron chi connectivity index (χ2n) is 6.86. The van der Waals surface area contributed by atoms with Crippen LogP contribution in [0.3, 0.4) is 0 Å². The number of ether oxygens (including phenoxy) is 1. The molecule has 3 aromatic rings. The van der Waals surface area contributed by atoms with E-state index >= 15 is 0 Å². The Morgan fingerprint density at radius 1 is 1.21 bits per heavy atom. The lowest BCUT2D eigenvalue weighted by atomic mass is 10.2. The number of para-hydroxylation sites is 1. The maximum atomic E-state index is 13.0. The highest BCUT2D eigenvalue weighted by molar-refractivity contribution is 7.17. The van der Waals surface area contributed by atoms with Crippen LogP contribution in [0.5, 0.6) is 5.75 Å². The summed E-state index contributed by atoms with van der Waals surface area (Å²) in [7, 11) is 0. The number of rotatable bonds is 6. The fourth-order valence-electron chi connectivity index (χ4n) is 3.27. The van der Waals surface area contributed by atoms with Crippen molar-refractivity contribution in [1.82, 2.24) is 14.8 Å². The van der Waals surface area contributed by atoms with Crippen LogP contribution in [0.15, 0.2) is 41.1 Å². The Bertz CT molecular complexity index is 966. The summed E-state index contributed by atoms with van der Waals surface area (Å²) in [4.78, 5) is 22.6. The molecule has 3 heterocycles. The maximum Gasteiger partial charge on any atom is 0.265 e. The first-order chi connectivity index (χ1) is 14.1. The number of thiophene rings is 1. The zero-order chi connectivity index (χ0) is 20.2. The van der Waals surface area contributed by atoms with E-state index in [9.17, 15) is 4.79 Å². The van der Waals surface area contributed by atoms with E-state index < -0.39 is 0 Å². The Balaban J connectivity index is 1.28. The van der Waals surface area contributed by atoms with Gasteiger partial charge in [-0.25, -0.2) is 4.98 Å². The van der Waals surface area contributed by atoms with E-state index in [-0.39, 0.29) is 5.91 Å². The molecule has 0 aliphatic carbocycles. The van der Waals surface area contributed by atoms with Crippen molar-refractivity contribution in [2.75, 3.05) is 39.3 Å². The van der Waals surface area contributed by atoms with Gasteiger partial charge < -0.3 is 9.64 Å². The van der Waals surface area contributed by atoms with Crippen molar-refractivity contribution in [3.8, 4) is 16.3 Å². The van der Waals surface area contributed by atoms with E-state index in [0.717, 1.165) is 53.9 Å². The predicted molar refractivity (Wildman–Crippen MR) is 119 cm³/mol. The van der Waals surface area contributed by atoms with Crippen LogP contribution in [-0.2, 0) is 0 Å². The summed E-state index contributed by atoms with van der Waals surface area (Å²) in [5.74, 6) is 0.804. The molecule has 0 atom stereocenters. The molecule has 0 N–H and O–H groups in total. The van der Waals surface area contributed by atoms with Crippen LogP contribution in [0.25, 0.3) is 10.6 Å². The van der Waals surface area contributed by atoms with E-state index in [1.54, 1.807) is 11.3 Å². The fraction of sp³-hybridized carbons (Fsp3) is 0.333. The van der Waals surface area contributed by atoms with E-state index in [0.29, 0.717) is 17.4 Å². The lowest BCUT2D eigenvalue weighted by Gasteiger charge is -2.34. The van der Waals surface area contributed by atoms with Crippen LogP contribution in [0, 0.1) is 6.92 Å². The van der Waals surface area contributed by atoms with Gasteiger partial charge in [-0.2, -0.15) is 11.3 Å². The van der Waals surface area contributed by atoms with E-state index in [4.69, 9.17) is 16.3 Å². The van der Waals surface area contributed by atoms with Crippen molar-refractivity contribution < 1.29 is 9.53 Å². The topological polar surface area (TPSA) is 45.7 Å². The van der Waals surface area contributed by atoms with Gasteiger partial charge in [0.1, 0.15) is 22.2 Å². The van der Waals surface area contributed by atoms with Gasteiger partial charge in [0.05, 0.1) is 10.7 Å². The molecule has 5 nitrogen and oxygen atoms in total. The number of aromatic nitrogens is 1. The molecule has 152 valence electrons. The van der Waals surface area contributed by atoms with E-state index in [1.807, 2.05) is 47.5 Å². The smallest absolute Gasteiger partial charge is 0.265 e. The van der Waals surface area contributed by atoms with Crippen molar-refractivity contribution in [2.24, 2.45) is 0 Å². The van der Waals surface area contributed by atoms with Crippen LogP contribution < -0.4 is 4.74 Å². The van der Waals surface area contributed by atoms with Crippen LogP contribution in [0.2, 0.25) is 5.02 Å². The molecule has 0 unspecified atom stereocenters. The number of hydrogen-bond donors (Lipinski definition) is 0. The van der Waals surface area contributed by atoms with E-state index in [2.05, 4.69) is 15.3 Å². The molecule has 0 saturated carbocycles. The Morgan fingerprint density at radius 3 is 2.72 bits per heavy atom. The Morgan fingerprint density at radius 2 is 2.00 bits per heavy atom. The number of nitrogens with zero attached hydrogens (tertiary/aromatic N) is 3. The van der Waals surface area contributed by atoms with Gasteiger partial charge in [-0.3, -0.25) is 9.69 Å². The molecule has 1 saturated heterocycles. The summed E-state index contributed by atoms with van der Waals surface area (Å²) >= 11 is 9.25. The van der Waals surface area contributed by atoms with Crippen molar-refractivity contribution in [2.45, 2.75) is 6.92 Å². The summed E-state index contributed by atoms with van der Waals surface area (Å²) in [5.41, 5.74) is 1.90. The molecule has 1 aliphatic heterocycles. The number of aryl methyl sites for hydroxylation is 1. The minimum Gasteiger partial charge on any atom is -0.491 e. The number of carbonyl (C=O) groups excluding carboxylic acids is 1. The number of piperazine rings is 1. The Kier molecular flexibility index (Phi) is 6.50. The molecule has 0 spiro atoms. The van der Waals surface area contributed by atoms with Crippen molar-refractivity contribution in [3.63, 3.8) is 0 Å². The molecule has 2 aromatic heterocycles. The van der Waals surface area contributed by atoms with Gasteiger partial charge in [-0.05, 0) is 30.5 Å². The average molecular weight is 448 g/mol. The third-order valence-electron chi connectivity index (χ3n) is 4.92. The summed E-state index contributed by atoms with van der Waals surface area (Å²) in [6, 6.07) is 9.55. The average Bonchev–Trinajstić information content (AvgIpc) is 3.39. The van der Waals surface area contributed by atoms with Crippen LogP contribution in [0.1, 0.15) is 15.4 Å². The third-order valence-corrected chi connectivity index (χ3v) is 7.11. The number of benzene rings is 1. The molecule has 0 radical (unpaired) electrons. The molecule has 1 amide bonds. The molecule has 1 aliphatic rings. The standard InChI is InChI=1S/C21H22ClN3O2S2/c1-15-19(29-20(23-15)16-6-13-28-14-16)21(26)25-9-7-24(8-10-25)11-12-27-18-5-3-2-4-17(18)22/h2-6,13-14H,7-12H2,1H3. The highest BCUT2D eigenvalue weighted by atomic mass is 35.5. The Labute approximate surface area is 183 Å². The lowest BCUT2D eigenvalue weighted by molar-refractivity contribution is 0.0624. The number of halogens is 1. The van der Waals surface area contributed by atoms with Crippen LogP contribution in [-0.4, -0.2) is 60.0 Å². The van der Waals surface area contributed by atoms with Gasteiger partial charge in [0.2, 0.25) is 0 Å². The maximum absolute atomic E-state index is 13.0. The monoisotopic (exact) mass is 447 g/mol. The number of amides is 1. The summed E-state index contributed by atoms with van der Waals surface area (Å²) in [6.07, 6.45) is 0. The zero-order valence-corrected chi connectivity index (χ0v) is 18.5. The van der Waals surface area contributed by atoms with Gasteiger partial charge >= 0.3 is 0 Å². The summed E-state index contributed by atoms with van der Waals surface area (Å²) in [5, 5.41) is 5.64. The molecule has 29 heavy (non-hydrogen) atoms. The molecule has 4 rings (SSSR count). The highest BCUT2D eigenvalue weighted by Crippen LogP contribution is 2.30. The van der Waals surface area contributed by atoms with Crippen LogP contribution in [0.4, 0.5) is 0 Å². The van der Waals surface area contributed by atoms with Crippen molar-refractivity contribution in [3.05, 3.63) is 56.7 Å². The predicted octanol–water partition coefficient (Wildman–Crippen LogP) is 4.67. The highest BCUT2D eigenvalue weighted by Gasteiger charge is 2.25. The second kappa shape index (κ2) is 9.26. The minimum absolute atomic E-state index is 0.0912.